The Kier molecular flexibility index (Phi) is 6.80. The molecule has 0 unspecified atom stereocenters. The van der Waals surface area contributed by atoms with Crippen molar-refractivity contribution in [3.05, 3.63) is 42.0 Å². The van der Waals surface area contributed by atoms with Crippen molar-refractivity contribution < 1.29 is 4.79 Å². The number of amides is 1. The van der Waals surface area contributed by atoms with E-state index in [0.717, 1.165) is 25.8 Å². The Morgan fingerprint density at radius 2 is 2.06 bits per heavy atom. The van der Waals surface area contributed by atoms with Gasteiger partial charge in [-0.1, -0.05) is 55.8 Å². The Balaban J connectivity index is 2.12. The van der Waals surface area contributed by atoms with Gasteiger partial charge in [0.25, 0.3) is 0 Å². The molecule has 0 bridgehead atoms. The summed E-state index contributed by atoms with van der Waals surface area (Å²) in [5.41, 5.74) is 1.20. The molecule has 1 aromatic carbocycles. The summed E-state index contributed by atoms with van der Waals surface area (Å²) in [5.74, 6) is 0.167. The minimum absolute atomic E-state index is 0.167. The summed E-state index contributed by atoms with van der Waals surface area (Å²) in [6.45, 7) is 2.82. The van der Waals surface area contributed by atoms with E-state index in [4.69, 9.17) is 0 Å². The van der Waals surface area contributed by atoms with Gasteiger partial charge >= 0.3 is 0 Å². The van der Waals surface area contributed by atoms with Crippen LogP contribution in [0.15, 0.2) is 36.4 Å². The standard InChI is InChI=1S/C15H21NO/c1-2-3-12-15(17)16-13-8-7-11-14-9-5-4-6-10-14/h4-7,9-11H,2-3,8,12-13H2,1H3,(H,16,17)/b11-7+. The number of rotatable bonds is 7. The molecule has 1 aromatic rings. The van der Waals surface area contributed by atoms with Crippen molar-refractivity contribution in [1.29, 1.82) is 0 Å². The monoisotopic (exact) mass is 231 g/mol. The molecule has 0 heterocycles. The number of carbonyl (C=O) groups is 1. The molecule has 0 radical (unpaired) electrons. The fraction of sp³-hybridized carbons (Fsp3) is 0.400. The van der Waals surface area contributed by atoms with Gasteiger partial charge in [-0.05, 0) is 18.4 Å². The van der Waals surface area contributed by atoms with Crippen LogP contribution in [0, 0.1) is 0 Å². The molecule has 17 heavy (non-hydrogen) atoms. The van der Waals surface area contributed by atoms with E-state index in [1.807, 2.05) is 18.2 Å². The lowest BCUT2D eigenvalue weighted by molar-refractivity contribution is -0.121. The Labute approximate surface area is 104 Å². The molecule has 0 aliphatic rings. The molecule has 0 saturated heterocycles. The van der Waals surface area contributed by atoms with E-state index in [-0.39, 0.29) is 5.91 Å². The zero-order valence-corrected chi connectivity index (χ0v) is 10.5. The summed E-state index contributed by atoms with van der Waals surface area (Å²) < 4.78 is 0. The lowest BCUT2D eigenvalue weighted by Gasteiger charge is -2.01. The SMILES string of the molecule is CCCCC(=O)NCC/C=C/c1ccccc1. The zero-order chi connectivity index (χ0) is 12.3. The molecule has 0 fully saturated rings. The fourth-order valence-corrected chi connectivity index (χ4v) is 1.50. The van der Waals surface area contributed by atoms with Gasteiger partial charge in [0.15, 0.2) is 0 Å². The van der Waals surface area contributed by atoms with E-state index >= 15 is 0 Å². The van der Waals surface area contributed by atoms with Crippen LogP contribution in [0.2, 0.25) is 0 Å². The Morgan fingerprint density at radius 1 is 1.29 bits per heavy atom. The van der Waals surface area contributed by atoms with Crippen LogP contribution in [-0.4, -0.2) is 12.5 Å². The van der Waals surface area contributed by atoms with Crippen LogP contribution < -0.4 is 5.32 Å². The summed E-state index contributed by atoms with van der Waals surface area (Å²) in [4.78, 5) is 11.3. The number of hydrogen-bond donors (Lipinski definition) is 1. The second-order valence-corrected chi connectivity index (χ2v) is 4.06. The maximum atomic E-state index is 11.3. The van der Waals surface area contributed by atoms with Crippen LogP contribution in [0.3, 0.4) is 0 Å². The van der Waals surface area contributed by atoms with Crippen LogP contribution >= 0.6 is 0 Å². The lowest BCUT2D eigenvalue weighted by Crippen LogP contribution is -2.23. The van der Waals surface area contributed by atoms with Gasteiger partial charge in [-0.15, -0.1) is 0 Å². The van der Waals surface area contributed by atoms with Gasteiger partial charge in [-0.3, -0.25) is 4.79 Å². The normalized spacial score (nSPS) is 10.6. The summed E-state index contributed by atoms with van der Waals surface area (Å²) in [6.07, 6.45) is 7.76. The van der Waals surface area contributed by atoms with E-state index in [1.165, 1.54) is 5.56 Å². The third kappa shape index (κ3) is 6.56. The first-order valence-electron chi connectivity index (χ1n) is 6.31. The fourth-order valence-electron chi connectivity index (χ4n) is 1.50. The van der Waals surface area contributed by atoms with Crippen LogP contribution in [0.4, 0.5) is 0 Å². The number of nitrogens with one attached hydrogen (secondary N) is 1. The third-order valence-electron chi connectivity index (χ3n) is 2.50. The molecule has 0 saturated carbocycles. The van der Waals surface area contributed by atoms with Crippen molar-refractivity contribution in [3.63, 3.8) is 0 Å². The second-order valence-electron chi connectivity index (χ2n) is 4.06. The first-order chi connectivity index (χ1) is 8.33. The molecular weight excluding hydrogens is 210 g/mol. The van der Waals surface area contributed by atoms with E-state index in [9.17, 15) is 4.79 Å². The Hall–Kier alpha value is -1.57. The predicted molar refractivity (Wildman–Crippen MR) is 72.6 cm³/mol. The number of hydrogen-bond acceptors (Lipinski definition) is 1. The first kappa shape index (κ1) is 13.5. The minimum atomic E-state index is 0.167. The largest absolute Gasteiger partial charge is 0.356 e. The molecule has 92 valence electrons. The van der Waals surface area contributed by atoms with Gasteiger partial charge in [0, 0.05) is 13.0 Å². The summed E-state index contributed by atoms with van der Waals surface area (Å²) >= 11 is 0. The average Bonchev–Trinajstić information content (AvgIpc) is 2.37. The molecule has 1 N–H and O–H groups in total. The Morgan fingerprint density at radius 3 is 2.76 bits per heavy atom. The predicted octanol–water partition coefficient (Wildman–Crippen LogP) is 3.40. The molecule has 0 spiro atoms. The zero-order valence-electron chi connectivity index (χ0n) is 10.5. The highest BCUT2D eigenvalue weighted by Crippen LogP contribution is 2.01. The van der Waals surface area contributed by atoms with Crippen LogP contribution in [-0.2, 0) is 4.79 Å². The number of unbranched alkanes of at least 4 members (excludes halogenated alkanes) is 1. The quantitative estimate of drug-likeness (QED) is 0.716. The smallest absolute Gasteiger partial charge is 0.220 e. The van der Waals surface area contributed by atoms with Crippen molar-refractivity contribution in [2.24, 2.45) is 0 Å². The highest BCUT2D eigenvalue weighted by Gasteiger charge is 1.97. The molecule has 2 heteroatoms. The maximum Gasteiger partial charge on any atom is 0.220 e. The van der Waals surface area contributed by atoms with Crippen molar-refractivity contribution in [3.8, 4) is 0 Å². The number of benzene rings is 1. The lowest BCUT2D eigenvalue weighted by atomic mass is 10.2. The molecular formula is C15H21NO. The highest BCUT2D eigenvalue weighted by molar-refractivity contribution is 5.75. The van der Waals surface area contributed by atoms with Gasteiger partial charge < -0.3 is 5.32 Å². The number of carbonyl (C=O) groups excluding carboxylic acids is 1. The summed E-state index contributed by atoms with van der Waals surface area (Å²) in [7, 11) is 0. The van der Waals surface area contributed by atoms with E-state index in [0.29, 0.717) is 6.42 Å². The molecule has 1 rings (SSSR count). The molecule has 0 aliphatic heterocycles. The molecule has 2 nitrogen and oxygen atoms in total. The Bertz CT molecular complexity index is 343. The minimum Gasteiger partial charge on any atom is -0.356 e. The van der Waals surface area contributed by atoms with Crippen LogP contribution in [0.1, 0.15) is 38.2 Å². The van der Waals surface area contributed by atoms with Gasteiger partial charge in [-0.2, -0.15) is 0 Å². The van der Waals surface area contributed by atoms with Gasteiger partial charge in [-0.25, -0.2) is 0 Å². The van der Waals surface area contributed by atoms with Gasteiger partial charge in [0.05, 0.1) is 0 Å². The van der Waals surface area contributed by atoms with Crippen LogP contribution in [0.5, 0.6) is 0 Å². The van der Waals surface area contributed by atoms with Crippen LogP contribution in [0.25, 0.3) is 6.08 Å². The summed E-state index contributed by atoms with van der Waals surface area (Å²) in [5, 5.41) is 2.91. The van der Waals surface area contributed by atoms with E-state index < -0.39 is 0 Å². The first-order valence-corrected chi connectivity index (χ1v) is 6.31. The van der Waals surface area contributed by atoms with Crippen molar-refractivity contribution in [2.75, 3.05) is 6.54 Å². The van der Waals surface area contributed by atoms with E-state index in [2.05, 4.69) is 36.5 Å². The van der Waals surface area contributed by atoms with E-state index in [1.54, 1.807) is 0 Å². The summed E-state index contributed by atoms with van der Waals surface area (Å²) in [6, 6.07) is 10.2. The third-order valence-corrected chi connectivity index (χ3v) is 2.50. The molecule has 1 amide bonds. The van der Waals surface area contributed by atoms with Gasteiger partial charge in [0.2, 0.25) is 5.91 Å². The topological polar surface area (TPSA) is 29.1 Å². The molecule has 0 aliphatic carbocycles. The van der Waals surface area contributed by atoms with Crippen molar-refractivity contribution in [2.45, 2.75) is 32.6 Å². The molecule has 0 aromatic heterocycles. The van der Waals surface area contributed by atoms with Gasteiger partial charge in [0.1, 0.15) is 0 Å². The maximum absolute atomic E-state index is 11.3. The molecule has 0 atom stereocenters. The highest BCUT2D eigenvalue weighted by atomic mass is 16.1. The average molecular weight is 231 g/mol. The van der Waals surface area contributed by atoms with Crippen molar-refractivity contribution >= 4 is 12.0 Å². The van der Waals surface area contributed by atoms with Crippen molar-refractivity contribution in [1.82, 2.24) is 5.32 Å². The second kappa shape index (κ2) is 8.57.